The molecule has 0 saturated carbocycles. The van der Waals surface area contributed by atoms with E-state index in [-0.39, 0.29) is 17.7 Å². The molecule has 0 aromatic carbocycles. The van der Waals surface area contributed by atoms with Crippen molar-refractivity contribution in [3.63, 3.8) is 0 Å². The van der Waals surface area contributed by atoms with Gasteiger partial charge in [-0.3, -0.25) is 0 Å². The molecule has 0 unspecified atom stereocenters. The molecule has 4 N–H and O–H groups in total. The summed E-state index contributed by atoms with van der Waals surface area (Å²) in [4.78, 5) is 18.0. The number of halogens is 3. The minimum absolute atomic E-state index is 0.0656. The van der Waals surface area contributed by atoms with Gasteiger partial charge in [-0.05, 0) is 51.3 Å². The smallest absolute Gasteiger partial charge is 0.390 e. The number of nitrogens with one attached hydrogen (secondary N) is 3. The maximum atomic E-state index is 13.8. The first kappa shape index (κ1) is 22.9. The minimum Gasteiger partial charge on any atom is -0.390 e. The monoisotopic (exact) mass is 475 g/mol. The minimum atomic E-state index is -4.60. The van der Waals surface area contributed by atoms with Crippen LogP contribution in [-0.2, 0) is 6.18 Å². The Morgan fingerprint density at radius 2 is 2.00 bits per heavy atom. The van der Waals surface area contributed by atoms with Gasteiger partial charge in [-0.25, -0.2) is 15.0 Å². The number of aromatic amines is 1. The topological polar surface area (TPSA) is 102 Å². The van der Waals surface area contributed by atoms with Crippen LogP contribution in [0.4, 0.5) is 24.9 Å². The first-order chi connectivity index (χ1) is 16.2. The number of rotatable bonds is 4. The molecule has 0 aliphatic carbocycles. The first-order valence-electron chi connectivity index (χ1n) is 11.6. The lowest BCUT2D eigenvalue weighted by Crippen LogP contribution is -2.42. The van der Waals surface area contributed by atoms with Gasteiger partial charge in [0.1, 0.15) is 17.0 Å². The van der Waals surface area contributed by atoms with E-state index in [0.717, 1.165) is 31.4 Å². The number of piperidine rings is 2. The van der Waals surface area contributed by atoms with Crippen LogP contribution >= 0.6 is 0 Å². The number of anilines is 2. The predicted octanol–water partition coefficient (Wildman–Crippen LogP) is 3.55. The molecule has 8 nitrogen and oxygen atoms in total. The van der Waals surface area contributed by atoms with Crippen LogP contribution in [0.3, 0.4) is 0 Å². The first-order valence-corrected chi connectivity index (χ1v) is 11.6. The van der Waals surface area contributed by atoms with E-state index in [0.29, 0.717) is 49.1 Å². The van der Waals surface area contributed by atoms with Crippen molar-refractivity contribution in [1.82, 2.24) is 25.3 Å². The fraction of sp³-hybridized carbons (Fsp3) is 0.522. The molecular formula is C23H28F3N7O. The Kier molecular flexibility index (Phi) is 5.85. The lowest BCUT2D eigenvalue weighted by molar-refractivity contribution is -0.137. The van der Waals surface area contributed by atoms with Gasteiger partial charge in [0.2, 0.25) is 5.95 Å². The van der Waals surface area contributed by atoms with Gasteiger partial charge in [0.25, 0.3) is 0 Å². The Bertz CT molecular complexity index is 1160. The van der Waals surface area contributed by atoms with E-state index in [4.69, 9.17) is 0 Å². The number of fused-ring (bicyclic) bond motifs is 1. The van der Waals surface area contributed by atoms with Crippen molar-refractivity contribution in [2.24, 2.45) is 0 Å². The number of aromatic nitrogens is 4. The molecule has 2 saturated heterocycles. The van der Waals surface area contributed by atoms with Crippen molar-refractivity contribution in [3.05, 3.63) is 30.1 Å². The molecule has 11 heteroatoms. The molecule has 5 heterocycles. The number of pyridine rings is 1. The third kappa shape index (κ3) is 4.67. The fourth-order valence-corrected chi connectivity index (χ4v) is 4.61. The van der Waals surface area contributed by atoms with Crippen molar-refractivity contribution < 1.29 is 18.3 Å². The molecule has 0 radical (unpaired) electrons. The van der Waals surface area contributed by atoms with E-state index in [1.165, 1.54) is 6.20 Å². The van der Waals surface area contributed by atoms with Gasteiger partial charge in [0.05, 0.1) is 11.3 Å². The van der Waals surface area contributed by atoms with Gasteiger partial charge >= 0.3 is 6.18 Å². The van der Waals surface area contributed by atoms with E-state index in [2.05, 4.69) is 35.5 Å². The maximum Gasteiger partial charge on any atom is 0.419 e. The zero-order valence-electron chi connectivity index (χ0n) is 18.9. The molecule has 1 atom stereocenters. The van der Waals surface area contributed by atoms with Crippen LogP contribution in [0, 0.1) is 0 Å². The van der Waals surface area contributed by atoms with E-state index >= 15 is 0 Å². The molecule has 0 amide bonds. The Hall–Kier alpha value is -2.92. The number of hydrogen-bond acceptors (Lipinski definition) is 7. The van der Waals surface area contributed by atoms with Gasteiger partial charge in [-0.1, -0.05) is 0 Å². The Balaban J connectivity index is 1.48. The van der Waals surface area contributed by atoms with E-state index in [9.17, 15) is 18.3 Å². The lowest BCUT2D eigenvalue weighted by Gasteiger charge is -2.36. The van der Waals surface area contributed by atoms with Crippen molar-refractivity contribution in [2.75, 3.05) is 36.4 Å². The average Bonchev–Trinajstić information content (AvgIpc) is 3.22. The number of hydrogen-bond donors (Lipinski definition) is 4. The summed E-state index contributed by atoms with van der Waals surface area (Å²) in [6.07, 6.45) is 0.916. The highest BCUT2D eigenvalue weighted by Gasteiger charge is 2.36. The Labute approximate surface area is 195 Å². The maximum absolute atomic E-state index is 13.8. The molecule has 2 fully saturated rings. The second kappa shape index (κ2) is 8.70. The Morgan fingerprint density at radius 1 is 1.21 bits per heavy atom. The van der Waals surface area contributed by atoms with Crippen LogP contribution in [0.1, 0.15) is 38.2 Å². The molecule has 34 heavy (non-hydrogen) atoms. The SMILES string of the molecule is CC1(O)CCN(c2ccc3c(-c4nc(N[C@H]5CCCNC5)ncc4C(F)(F)F)c[nH]c3n2)CC1. The molecular weight excluding hydrogens is 447 g/mol. The van der Waals surface area contributed by atoms with Crippen molar-refractivity contribution >= 4 is 22.8 Å². The summed E-state index contributed by atoms with van der Waals surface area (Å²) in [7, 11) is 0. The lowest BCUT2D eigenvalue weighted by atomic mass is 9.94. The molecule has 2 aliphatic rings. The molecule has 182 valence electrons. The van der Waals surface area contributed by atoms with Crippen molar-refractivity contribution in [3.8, 4) is 11.3 Å². The summed E-state index contributed by atoms with van der Waals surface area (Å²) < 4.78 is 41.5. The van der Waals surface area contributed by atoms with Crippen molar-refractivity contribution in [1.29, 1.82) is 0 Å². The highest BCUT2D eigenvalue weighted by molar-refractivity contribution is 5.94. The average molecular weight is 476 g/mol. The second-order valence-electron chi connectivity index (χ2n) is 9.39. The molecule has 3 aromatic rings. The number of H-pyrrole nitrogens is 1. The zero-order valence-corrected chi connectivity index (χ0v) is 18.9. The van der Waals surface area contributed by atoms with Crippen molar-refractivity contribution in [2.45, 2.75) is 50.4 Å². The summed E-state index contributed by atoms with van der Waals surface area (Å²) in [5.41, 5.74) is -0.926. The predicted molar refractivity (Wildman–Crippen MR) is 124 cm³/mol. The van der Waals surface area contributed by atoms with Crippen LogP contribution in [0.5, 0.6) is 0 Å². The molecule has 3 aromatic heterocycles. The summed E-state index contributed by atoms with van der Waals surface area (Å²) in [5, 5.41) is 17.2. The third-order valence-electron chi connectivity index (χ3n) is 6.67. The number of alkyl halides is 3. The Morgan fingerprint density at radius 3 is 2.71 bits per heavy atom. The fourth-order valence-electron chi connectivity index (χ4n) is 4.61. The van der Waals surface area contributed by atoms with Crippen LogP contribution < -0.4 is 15.5 Å². The van der Waals surface area contributed by atoms with E-state index in [1.807, 2.05) is 6.92 Å². The van der Waals surface area contributed by atoms with Gasteiger partial charge < -0.3 is 25.6 Å². The summed E-state index contributed by atoms with van der Waals surface area (Å²) in [5.74, 6) is 0.901. The van der Waals surface area contributed by atoms with Gasteiger partial charge in [0, 0.05) is 49.0 Å². The van der Waals surface area contributed by atoms with Crippen LogP contribution in [-0.4, -0.2) is 62.9 Å². The van der Waals surface area contributed by atoms with Crippen LogP contribution in [0.15, 0.2) is 24.5 Å². The summed E-state index contributed by atoms with van der Waals surface area (Å²) in [6, 6.07) is 3.65. The normalized spacial score (nSPS) is 21.1. The molecule has 2 aliphatic heterocycles. The summed E-state index contributed by atoms with van der Waals surface area (Å²) in [6.45, 7) is 4.79. The molecule has 0 spiro atoms. The number of aliphatic hydroxyl groups is 1. The van der Waals surface area contributed by atoms with Crippen LogP contribution in [0.2, 0.25) is 0 Å². The van der Waals surface area contributed by atoms with Gasteiger partial charge in [-0.2, -0.15) is 13.2 Å². The standard InChI is InChI=1S/C23H28F3N7O/c1-22(34)6-9-33(10-7-22)18-5-4-15-16(12-28-20(15)31-18)19-17(23(24,25)26)13-29-21(32-19)30-14-3-2-8-27-11-14/h4-5,12-14,27,34H,2-3,6-11H2,1H3,(H,28,31)(H,29,30,32)/t14-/m0/s1. The third-order valence-corrected chi connectivity index (χ3v) is 6.67. The van der Waals surface area contributed by atoms with Crippen LogP contribution in [0.25, 0.3) is 22.3 Å². The van der Waals surface area contributed by atoms with E-state index in [1.54, 1.807) is 12.1 Å². The second-order valence-corrected chi connectivity index (χ2v) is 9.39. The molecule has 0 bridgehead atoms. The quantitative estimate of drug-likeness (QED) is 0.458. The van der Waals surface area contributed by atoms with Gasteiger partial charge in [0.15, 0.2) is 0 Å². The summed E-state index contributed by atoms with van der Waals surface area (Å²) >= 11 is 0. The highest BCUT2D eigenvalue weighted by atomic mass is 19.4. The van der Waals surface area contributed by atoms with E-state index < -0.39 is 17.3 Å². The zero-order chi connectivity index (χ0) is 23.9. The highest BCUT2D eigenvalue weighted by Crippen LogP contribution is 2.39. The molecule has 5 rings (SSSR count). The number of nitrogens with zero attached hydrogens (tertiary/aromatic N) is 4. The largest absolute Gasteiger partial charge is 0.419 e. The van der Waals surface area contributed by atoms with Gasteiger partial charge in [-0.15, -0.1) is 0 Å².